The van der Waals surface area contributed by atoms with Gasteiger partial charge in [-0.15, -0.1) is 0 Å². The van der Waals surface area contributed by atoms with Gasteiger partial charge in [0.1, 0.15) is 23.2 Å². The Morgan fingerprint density at radius 1 is 1.03 bits per heavy atom. The predicted molar refractivity (Wildman–Crippen MR) is 137 cm³/mol. The lowest BCUT2D eigenvalue weighted by atomic mass is 9.99. The van der Waals surface area contributed by atoms with Gasteiger partial charge in [0, 0.05) is 16.9 Å². The van der Waals surface area contributed by atoms with Gasteiger partial charge in [-0.25, -0.2) is 9.07 Å². The number of ether oxygens (including phenoxy) is 2. The summed E-state index contributed by atoms with van der Waals surface area (Å²) < 4.78 is 26.3. The minimum atomic E-state index is -0.380. The molecule has 0 bridgehead atoms. The van der Waals surface area contributed by atoms with Crippen molar-refractivity contribution in [3.8, 4) is 11.5 Å². The number of amides is 1. The highest BCUT2D eigenvalue weighted by Crippen LogP contribution is 2.41. The van der Waals surface area contributed by atoms with E-state index in [4.69, 9.17) is 9.47 Å². The maximum absolute atomic E-state index is 13.3. The zero-order valence-electron chi connectivity index (χ0n) is 20.1. The minimum Gasteiger partial charge on any atom is -0.493 e. The Hall–Kier alpha value is -4.59. The van der Waals surface area contributed by atoms with Crippen LogP contribution in [0.25, 0.3) is 5.70 Å². The van der Waals surface area contributed by atoms with E-state index in [-0.39, 0.29) is 17.8 Å². The number of benzene rings is 3. The lowest BCUT2D eigenvalue weighted by Gasteiger charge is -2.27. The maximum atomic E-state index is 13.3. The van der Waals surface area contributed by atoms with Gasteiger partial charge in [-0.2, -0.15) is 5.10 Å². The molecule has 1 aliphatic rings. The fourth-order valence-electron chi connectivity index (χ4n) is 4.26. The molecule has 1 aliphatic heterocycles. The summed E-state index contributed by atoms with van der Waals surface area (Å²) in [6, 6.07) is 19.0. The summed E-state index contributed by atoms with van der Waals surface area (Å²) >= 11 is 0. The average Bonchev–Trinajstić information content (AvgIpc) is 3.33. The molecule has 1 atom stereocenters. The summed E-state index contributed by atoms with van der Waals surface area (Å²) in [6.07, 6.45) is 3.57. The Bertz CT molecular complexity index is 1440. The number of carbonyl (C=O) groups is 1. The van der Waals surface area contributed by atoms with Crippen molar-refractivity contribution in [3.05, 3.63) is 107 Å². The van der Waals surface area contributed by atoms with E-state index in [0.717, 1.165) is 22.4 Å². The molecule has 7 nitrogen and oxygen atoms in total. The second-order valence-corrected chi connectivity index (χ2v) is 8.41. The van der Waals surface area contributed by atoms with Crippen LogP contribution in [0, 0.1) is 12.7 Å². The van der Waals surface area contributed by atoms with E-state index in [9.17, 15) is 9.18 Å². The number of nitrogens with one attached hydrogen (secondary N) is 2. The first-order valence-corrected chi connectivity index (χ1v) is 11.4. The van der Waals surface area contributed by atoms with Gasteiger partial charge in [-0.3, -0.25) is 4.79 Å². The Balaban J connectivity index is 1.60. The molecule has 0 unspecified atom stereocenters. The number of nitrogens with zero attached hydrogens (tertiary/aromatic N) is 2. The van der Waals surface area contributed by atoms with Gasteiger partial charge in [0.15, 0.2) is 11.5 Å². The normalized spacial score (nSPS) is 14.3. The van der Waals surface area contributed by atoms with E-state index in [1.807, 2.05) is 55.5 Å². The number of aryl methyl sites for hydroxylation is 1. The van der Waals surface area contributed by atoms with Gasteiger partial charge in [-0.1, -0.05) is 42.0 Å². The SMILES string of the molecule is COc1cccc([C@H]2C=C(c3ccc(C)cc3)Nc3c(C(=O)Nc4ccc(F)cc4)cnn32)c1OC. The highest BCUT2D eigenvalue weighted by atomic mass is 19.1. The fourth-order valence-corrected chi connectivity index (χ4v) is 4.26. The zero-order valence-corrected chi connectivity index (χ0v) is 20.1. The number of halogens is 1. The summed E-state index contributed by atoms with van der Waals surface area (Å²) in [6.45, 7) is 2.03. The standard InChI is InChI=1S/C28H25FN4O3/c1-17-7-9-18(10-8-17)23-15-24(21-5-4-6-25(35-2)26(21)36-3)33-27(32-23)22(16-30-33)28(34)31-20-13-11-19(29)12-14-20/h4-16,24,32H,1-3H3,(H,31,34)/t24-/m1/s1. The highest BCUT2D eigenvalue weighted by molar-refractivity contribution is 6.08. The molecule has 0 aliphatic carbocycles. The van der Waals surface area contributed by atoms with Crippen molar-refractivity contribution < 1.29 is 18.7 Å². The second kappa shape index (κ2) is 9.58. The van der Waals surface area contributed by atoms with Crippen molar-refractivity contribution in [1.29, 1.82) is 0 Å². The van der Waals surface area contributed by atoms with Crippen LogP contribution in [0.3, 0.4) is 0 Å². The predicted octanol–water partition coefficient (Wildman–Crippen LogP) is 5.66. The first-order valence-electron chi connectivity index (χ1n) is 11.4. The molecule has 1 amide bonds. The smallest absolute Gasteiger partial charge is 0.261 e. The average molecular weight is 485 g/mol. The van der Waals surface area contributed by atoms with Crippen LogP contribution in [-0.4, -0.2) is 29.9 Å². The van der Waals surface area contributed by atoms with Crippen molar-refractivity contribution >= 4 is 23.1 Å². The van der Waals surface area contributed by atoms with E-state index in [2.05, 4.69) is 15.7 Å². The van der Waals surface area contributed by atoms with Gasteiger partial charge >= 0.3 is 0 Å². The third-order valence-electron chi connectivity index (χ3n) is 6.10. The van der Waals surface area contributed by atoms with E-state index in [1.165, 1.54) is 30.5 Å². The lowest BCUT2D eigenvalue weighted by molar-refractivity contribution is 0.102. The Morgan fingerprint density at radius 3 is 2.47 bits per heavy atom. The highest BCUT2D eigenvalue weighted by Gasteiger charge is 2.30. The second-order valence-electron chi connectivity index (χ2n) is 8.41. The van der Waals surface area contributed by atoms with E-state index in [1.54, 1.807) is 18.9 Å². The molecular formula is C28H25FN4O3. The molecule has 0 saturated heterocycles. The number of methoxy groups -OCH3 is 2. The van der Waals surface area contributed by atoms with Crippen molar-refractivity contribution in [1.82, 2.24) is 9.78 Å². The lowest BCUT2D eigenvalue weighted by Crippen LogP contribution is -2.22. The number of carbonyl (C=O) groups excluding carboxylic acids is 1. The van der Waals surface area contributed by atoms with Crippen LogP contribution in [0.5, 0.6) is 11.5 Å². The van der Waals surface area contributed by atoms with Gasteiger partial charge in [0.2, 0.25) is 0 Å². The zero-order chi connectivity index (χ0) is 25.2. The van der Waals surface area contributed by atoms with Crippen molar-refractivity contribution in [3.63, 3.8) is 0 Å². The summed E-state index contributed by atoms with van der Waals surface area (Å²) in [5.74, 6) is 0.979. The van der Waals surface area contributed by atoms with Crippen LogP contribution in [0.15, 0.2) is 79.0 Å². The van der Waals surface area contributed by atoms with Crippen molar-refractivity contribution in [2.24, 2.45) is 0 Å². The van der Waals surface area contributed by atoms with Gasteiger partial charge in [-0.05, 0) is 48.9 Å². The molecule has 4 aromatic rings. The van der Waals surface area contributed by atoms with Crippen LogP contribution in [0.1, 0.15) is 33.1 Å². The third kappa shape index (κ3) is 4.29. The van der Waals surface area contributed by atoms with Crippen LogP contribution in [0.2, 0.25) is 0 Å². The van der Waals surface area contributed by atoms with Gasteiger partial charge < -0.3 is 20.1 Å². The number of anilines is 2. The molecular weight excluding hydrogens is 459 g/mol. The Labute approximate surface area is 208 Å². The van der Waals surface area contributed by atoms with Crippen LogP contribution in [-0.2, 0) is 0 Å². The molecule has 1 aromatic heterocycles. The molecule has 182 valence electrons. The van der Waals surface area contributed by atoms with E-state index < -0.39 is 0 Å². The number of hydrogen-bond acceptors (Lipinski definition) is 5. The number of aromatic nitrogens is 2. The molecule has 0 spiro atoms. The van der Waals surface area contributed by atoms with E-state index >= 15 is 0 Å². The first-order chi connectivity index (χ1) is 17.5. The summed E-state index contributed by atoms with van der Waals surface area (Å²) in [5, 5.41) is 10.8. The first kappa shape index (κ1) is 23.2. The van der Waals surface area contributed by atoms with Gasteiger partial charge in [0.05, 0.1) is 20.4 Å². The number of allylic oxidation sites excluding steroid dienone is 1. The van der Waals surface area contributed by atoms with E-state index in [0.29, 0.717) is 28.6 Å². The number of hydrogen-bond donors (Lipinski definition) is 2. The molecule has 2 N–H and O–H groups in total. The van der Waals surface area contributed by atoms with Gasteiger partial charge in [0.25, 0.3) is 5.91 Å². The molecule has 3 aromatic carbocycles. The third-order valence-corrected chi connectivity index (χ3v) is 6.10. The molecule has 8 heteroatoms. The molecule has 0 saturated carbocycles. The molecule has 2 heterocycles. The molecule has 0 radical (unpaired) electrons. The summed E-state index contributed by atoms with van der Waals surface area (Å²) in [4.78, 5) is 13.2. The van der Waals surface area contributed by atoms with Crippen molar-refractivity contribution in [2.45, 2.75) is 13.0 Å². The minimum absolute atomic E-state index is 0.351. The van der Waals surface area contributed by atoms with Crippen LogP contribution in [0.4, 0.5) is 15.9 Å². The number of rotatable bonds is 6. The Morgan fingerprint density at radius 2 is 1.78 bits per heavy atom. The summed E-state index contributed by atoms with van der Waals surface area (Å²) in [7, 11) is 3.19. The molecule has 0 fully saturated rings. The topological polar surface area (TPSA) is 77.4 Å². The van der Waals surface area contributed by atoms with Crippen molar-refractivity contribution in [2.75, 3.05) is 24.9 Å². The number of fused-ring (bicyclic) bond motifs is 1. The van der Waals surface area contributed by atoms with Crippen LogP contribution >= 0.6 is 0 Å². The molecule has 36 heavy (non-hydrogen) atoms. The number of para-hydroxylation sites is 1. The summed E-state index contributed by atoms with van der Waals surface area (Å²) in [5.41, 5.74) is 4.60. The largest absolute Gasteiger partial charge is 0.493 e. The quantitative estimate of drug-likeness (QED) is 0.370. The fraction of sp³-hybridized carbons (Fsp3) is 0.143. The van der Waals surface area contributed by atoms with Crippen LogP contribution < -0.4 is 20.1 Å². The Kier molecular flexibility index (Phi) is 6.16. The molecule has 5 rings (SSSR count). The monoisotopic (exact) mass is 484 g/mol. The maximum Gasteiger partial charge on any atom is 0.261 e.